The zero-order valence-electron chi connectivity index (χ0n) is 23.4. The second-order valence-electron chi connectivity index (χ2n) is 9.82. The smallest absolute Gasteiger partial charge is 0.396 e. The molecule has 6 rings (SSSR count). The summed E-state index contributed by atoms with van der Waals surface area (Å²) in [5.74, 6) is 0.885. The minimum Gasteiger partial charge on any atom is -0.497 e. The fourth-order valence-corrected chi connectivity index (χ4v) is 5.96. The molecule has 0 saturated heterocycles. The normalized spacial score (nSPS) is 11.3. The van der Waals surface area contributed by atoms with E-state index in [2.05, 4.69) is 25.1 Å². The number of hydrogen-bond acceptors (Lipinski definition) is 10. The van der Waals surface area contributed by atoms with Gasteiger partial charge in [-0.25, -0.2) is 15.0 Å². The molecule has 0 aliphatic heterocycles. The zero-order chi connectivity index (χ0) is 30.2. The standard InChI is InChI=1S/C28H25Cl2N11OS/c1-39-11-16(25(37-39)21-9-23(29)36-27(31)34-21)4-15-5-19(8-20(6-15)42-3)41-24(30)10-22(35-28(41)32)26-17(12-40(2)38-26)7-18-13-43-14-33-18/h5-6,8-14,32H,4,7H2,1-3H3,(H2,31,34,36)/p+1. The molecule has 12 nitrogen and oxygen atoms in total. The highest BCUT2D eigenvalue weighted by molar-refractivity contribution is 7.07. The molecule has 0 atom stereocenters. The number of benzene rings is 1. The first-order valence-corrected chi connectivity index (χ1v) is 14.7. The van der Waals surface area contributed by atoms with Crippen LogP contribution < -0.4 is 20.8 Å². The van der Waals surface area contributed by atoms with Crippen LogP contribution in [-0.2, 0) is 26.9 Å². The topological polar surface area (TPSA) is 152 Å². The Bertz CT molecular complexity index is 1910. The highest BCUT2D eigenvalue weighted by Gasteiger charge is 2.23. The predicted octanol–water partition coefficient (Wildman–Crippen LogP) is 4.07. The number of aromatic nitrogens is 9. The summed E-state index contributed by atoms with van der Waals surface area (Å²) in [5, 5.41) is 11.8. The first-order valence-electron chi connectivity index (χ1n) is 13.0. The molecule has 0 radical (unpaired) electrons. The number of hydrogen-bond donors (Lipinski definition) is 2. The molecular weight excluding hydrogens is 609 g/mol. The maximum Gasteiger partial charge on any atom is 0.396 e. The number of nitrogens with two attached hydrogens (primary N) is 2. The van der Waals surface area contributed by atoms with Crippen LogP contribution in [-0.4, -0.2) is 46.6 Å². The van der Waals surface area contributed by atoms with E-state index in [1.807, 2.05) is 55.6 Å². The number of aryl methyl sites for hydroxylation is 2. The summed E-state index contributed by atoms with van der Waals surface area (Å²) in [4.78, 5) is 17.4. The fraction of sp³-hybridized carbons (Fsp3) is 0.179. The van der Waals surface area contributed by atoms with Crippen molar-refractivity contribution in [1.82, 2.24) is 39.5 Å². The van der Waals surface area contributed by atoms with E-state index >= 15 is 0 Å². The third-order valence-electron chi connectivity index (χ3n) is 6.63. The van der Waals surface area contributed by atoms with E-state index in [9.17, 15) is 0 Å². The van der Waals surface area contributed by atoms with Gasteiger partial charge in [0, 0.05) is 74.0 Å². The lowest BCUT2D eigenvalue weighted by atomic mass is 10.0. The predicted molar refractivity (Wildman–Crippen MR) is 165 cm³/mol. The van der Waals surface area contributed by atoms with Gasteiger partial charge in [0.25, 0.3) is 0 Å². The van der Waals surface area contributed by atoms with E-state index in [0.29, 0.717) is 52.2 Å². The van der Waals surface area contributed by atoms with Crippen molar-refractivity contribution in [2.75, 3.05) is 18.6 Å². The van der Waals surface area contributed by atoms with Gasteiger partial charge in [-0.2, -0.15) is 14.8 Å². The van der Waals surface area contributed by atoms with Gasteiger partial charge in [0.1, 0.15) is 28.0 Å². The van der Waals surface area contributed by atoms with Gasteiger partial charge in [0.2, 0.25) is 5.95 Å². The van der Waals surface area contributed by atoms with Crippen molar-refractivity contribution in [2.24, 2.45) is 14.1 Å². The Morgan fingerprint density at radius 1 is 0.884 bits per heavy atom. The highest BCUT2D eigenvalue weighted by Crippen LogP contribution is 2.29. The second kappa shape index (κ2) is 11.6. The van der Waals surface area contributed by atoms with E-state index in [1.54, 1.807) is 44.5 Å². The number of halogens is 2. The molecule has 43 heavy (non-hydrogen) atoms. The lowest BCUT2D eigenvalue weighted by Crippen LogP contribution is -2.37. The van der Waals surface area contributed by atoms with E-state index in [0.717, 1.165) is 22.4 Å². The first kappa shape index (κ1) is 28.5. The molecule has 0 aliphatic rings. The number of ether oxygens (including phenoxy) is 1. The van der Waals surface area contributed by atoms with Crippen LogP contribution in [0.25, 0.3) is 28.5 Å². The Morgan fingerprint density at radius 2 is 1.58 bits per heavy atom. The summed E-state index contributed by atoms with van der Waals surface area (Å²) in [6, 6.07) is 9.14. The van der Waals surface area contributed by atoms with Gasteiger partial charge in [0.05, 0.1) is 24.0 Å². The average molecular weight is 636 g/mol. The number of anilines is 2. The van der Waals surface area contributed by atoms with Gasteiger partial charge < -0.3 is 10.5 Å². The van der Waals surface area contributed by atoms with E-state index in [1.165, 1.54) is 0 Å². The van der Waals surface area contributed by atoms with Crippen molar-refractivity contribution in [2.45, 2.75) is 12.8 Å². The number of rotatable bonds is 8. The molecule has 15 heteroatoms. The van der Waals surface area contributed by atoms with Gasteiger partial charge in [0.15, 0.2) is 10.8 Å². The van der Waals surface area contributed by atoms with Crippen molar-refractivity contribution in [3.05, 3.63) is 86.3 Å². The van der Waals surface area contributed by atoms with Gasteiger partial charge in [-0.05, 0) is 29.3 Å². The summed E-state index contributed by atoms with van der Waals surface area (Å²) in [5.41, 5.74) is 21.0. The number of methoxy groups -OCH3 is 1. The minimum absolute atomic E-state index is 0.0705. The molecule has 218 valence electrons. The Labute approximate surface area is 260 Å². The van der Waals surface area contributed by atoms with Crippen molar-refractivity contribution in [1.29, 1.82) is 0 Å². The molecule has 1 aromatic carbocycles. The third-order valence-corrected chi connectivity index (χ3v) is 7.74. The summed E-state index contributed by atoms with van der Waals surface area (Å²) < 4.78 is 10.8. The molecule has 0 unspecified atom stereocenters. The zero-order valence-corrected chi connectivity index (χ0v) is 25.7. The van der Waals surface area contributed by atoms with Gasteiger partial charge in [-0.1, -0.05) is 16.6 Å². The van der Waals surface area contributed by atoms with Gasteiger partial charge in [-0.3, -0.25) is 15.1 Å². The molecule has 0 fully saturated rings. The second-order valence-corrected chi connectivity index (χ2v) is 11.3. The summed E-state index contributed by atoms with van der Waals surface area (Å²) in [7, 11) is 5.30. The highest BCUT2D eigenvalue weighted by atomic mass is 35.5. The Balaban J connectivity index is 1.37. The van der Waals surface area contributed by atoms with Crippen LogP contribution in [0, 0.1) is 0 Å². The Hall–Kier alpha value is -4.59. The molecular formula is C28H26Cl2N11OS+. The average Bonchev–Trinajstić information content (AvgIpc) is 3.68. The quantitative estimate of drug-likeness (QED) is 0.186. The molecule has 0 aliphatic carbocycles. The molecule has 0 amide bonds. The molecule has 0 spiro atoms. The first-order chi connectivity index (χ1) is 20.7. The maximum atomic E-state index is 6.87. The van der Waals surface area contributed by atoms with Crippen molar-refractivity contribution >= 4 is 46.4 Å². The molecule has 5 aromatic heterocycles. The molecule has 6 aromatic rings. The molecule has 4 N–H and O–H groups in total. The van der Waals surface area contributed by atoms with Crippen LogP contribution >= 0.6 is 34.5 Å². The Morgan fingerprint density at radius 3 is 2.21 bits per heavy atom. The monoisotopic (exact) mass is 634 g/mol. The van der Waals surface area contributed by atoms with Crippen LogP contribution in [0.3, 0.4) is 0 Å². The van der Waals surface area contributed by atoms with E-state index in [-0.39, 0.29) is 17.0 Å². The van der Waals surface area contributed by atoms with E-state index < -0.39 is 0 Å². The largest absolute Gasteiger partial charge is 0.497 e. The van der Waals surface area contributed by atoms with Gasteiger partial charge >= 0.3 is 5.95 Å². The molecule has 0 bridgehead atoms. The summed E-state index contributed by atoms with van der Waals surface area (Å²) in [6.07, 6.45) is 4.98. The van der Waals surface area contributed by atoms with Crippen LogP contribution in [0.5, 0.6) is 5.75 Å². The van der Waals surface area contributed by atoms with Gasteiger partial charge in [-0.15, -0.1) is 11.3 Å². The summed E-state index contributed by atoms with van der Waals surface area (Å²) in [6.45, 7) is 0. The SMILES string of the molecule is COc1cc(Cc2cn(C)nc2-c2cc(Cl)nc(N)n2)cc(-[n+]2c(Cl)cc(-c3nn(C)cc3Cc3cscn3)nc2N)c1. The van der Waals surface area contributed by atoms with Crippen LogP contribution in [0.1, 0.15) is 22.4 Å². The Kier molecular flexibility index (Phi) is 7.69. The number of nitrogens with zero attached hydrogens (tertiary/aromatic N) is 9. The fourth-order valence-electron chi connectivity index (χ4n) is 4.92. The number of thiazole rings is 1. The van der Waals surface area contributed by atoms with E-state index in [4.69, 9.17) is 44.4 Å². The van der Waals surface area contributed by atoms with Crippen LogP contribution in [0.15, 0.2) is 53.6 Å². The third kappa shape index (κ3) is 6.00. The van der Waals surface area contributed by atoms with Crippen molar-refractivity contribution < 1.29 is 9.30 Å². The lowest BCUT2D eigenvalue weighted by molar-refractivity contribution is -0.580. The maximum absolute atomic E-state index is 6.87. The van der Waals surface area contributed by atoms with Crippen molar-refractivity contribution in [3.63, 3.8) is 0 Å². The minimum atomic E-state index is 0.0705. The van der Waals surface area contributed by atoms with Crippen LogP contribution in [0.2, 0.25) is 10.3 Å². The molecule has 0 saturated carbocycles. The van der Waals surface area contributed by atoms with Crippen molar-refractivity contribution in [3.8, 4) is 34.2 Å². The summed E-state index contributed by atoms with van der Waals surface area (Å²) >= 11 is 14.6. The molecule has 5 heterocycles. The van der Waals surface area contributed by atoms with Crippen LogP contribution in [0.4, 0.5) is 11.9 Å². The lowest BCUT2D eigenvalue weighted by Gasteiger charge is -2.11. The number of nitrogen functional groups attached to an aromatic ring is 2.